The minimum Gasteiger partial charge on any atom is -0.355 e. The van der Waals surface area contributed by atoms with Gasteiger partial charge in [-0.25, -0.2) is 0 Å². The van der Waals surface area contributed by atoms with Crippen LogP contribution in [0.4, 0.5) is 5.69 Å². The van der Waals surface area contributed by atoms with E-state index in [0.29, 0.717) is 25.6 Å². The zero-order valence-corrected chi connectivity index (χ0v) is 12.3. The molecule has 0 atom stereocenters. The van der Waals surface area contributed by atoms with Gasteiger partial charge in [0.15, 0.2) is 0 Å². The maximum atomic E-state index is 11.5. The lowest BCUT2D eigenvalue weighted by Crippen LogP contribution is -2.35. The molecule has 5 nitrogen and oxygen atoms in total. The first kappa shape index (κ1) is 16.2. The summed E-state index contributed by atoms with van der Waals surface area (Å²) in [5, 5.41) is 8.65. The van der Waals surface area contributed by atoms with Crippen LogP contribution in [0.3, 0.4) is 0 Å². The van der Waals surface area contributed by atoms with E-state index in [9.17, 15) is 9.59 Å². The Morgan fingerprint density at radius 1 is 1.15 bits per heavy atom. The number of anilines is 1. The fourth-order valence-electron chi connectivity index (χ4n) is 1.61. The fourth-order valence-corrected chi connectivity index (χ4v) is 1.61. The summed E-state index contributed by atoms with van der Waals surface area (Å²) in [6.45, 7) is 7.22. The average Bonchev–Trinajstić information content (AvgIpc) is 2.38. The summed E-state index contributed by atoms with van der Waals surface area (Å²) < 4.78 is 0. The Morgan fingerprint density at radius 2 is 1.80 bits per heavy atom. The minimum atomic E-state index is -0.0855. The third-order valence-electron chi connectivity index (χ3n) is 2.60. The number of benzene rings is 1. The maximum Gasteiger partial charge on any atom is 0.233 e. The predicted molar refractivity (Wildman–Crippen MR) is 80.3 cm³/mol. The number of rotatable bonds is 7. The van der Waals surface area contributed by atoms with Crippen molar-refractivity contribution in [3.63, 3.8) is 0 Å². The smallest absolute Gasteiger partial charge is 0.233 e. The number of nitrogens with one attached hydrogen (secondary N) is 3. The Hall–Kier alpha value is -1.88. The van der Waals surface area contributed by atoms with Crippen LogP contribution >= 0.6 is 0 Å². The summed E-state index contributed by atoms with van der Waals surface area (Å²) in [6, 6.07) is 7.53. The molecule has 0 fully saturated rings. The number of amides is 2. The van der Waals surface area contributed by atoms with Gasteiger partial charge in [-0.3, -0.25) is 9.59 Å². The number of hydrogen-bond donors (Lipinski definition) is 3. The molecular formula is C15H23N3O2. The van der Waals surface area contributed by atoms with Crippen LogP contribution in [0, 0.1) is 5.92 Å². The van der Waals surface area contributed by atoms with Crippen molar-refractivity contribution in [1.82, 2.24) is 10.6 Å². The first-order valence-electron chi connectivity index (χ1n) is 6.81. The molecule has 1 aromatic rings. The normalized spacial score (nSPS) is 10.4. The SMILES string of the molecule is CC(=O)Nc1ccc(CNCC(=O)NCC(C)C)cc1. The summed E-state index contributed by atoms with van der Waals surface area (Å²) in [6.07, 6.45) is 0. The van der Waals surface area contributed by atoms with Gasteiger partial charge in [-0.1, -0.05) is 26.0 Å². The Kier molecular flexibility index (Phi) is 6.73. The van der Waals surface area contributed by atoms with E-state index in [4.69, 9.17) is 0 Å². The van der Waals surface area contributed by atoms with Crippen molar-refractivity contribution in [2.75, 3.05) is 18.4 Å². The van der Waals surface area contributed by atoms with Crippen LogP contribution in [-0.4, -0.2) is 24.9 Å². The molecule has 3 N–H and O–H groups in total. The van der Waals surface area contributed by atoms with E-state index in [1.165, 1.54) is 6.92 Å². The third kappa shape index (κ3) is 6.89. The van der Waals surface area contributed by atoms with Gasteiger partial charge in [0.25, 0.3) is 0 Å². The topological polar surface area (TPSA) is 70.2 Å². The van der Waals surface area contributed by atoms with Crippen LogP contribution in [0.15, 0.2) is 24.3 Å². The predicted octanol–water partition coefficient (Wildman–Crippen LogP) is 1.51. The molecule has 0 spiro atoms. The molecule has 1 aromatic carbocycles. The van der Waals surface area contributed by atoms with Crippen molar-refractivity contribution in [3.05, 3.63) is 29.8 Å². The highest BCUT2D eigenvalue weighted by molar-refractivity contribution is 5.88. The minimum absolute atomic E-state index is 0.00793. The summed E-state index contributed by atoms with van der Waals surface area (Å²) in [4.78, 5) is 22.4. The molecule has 2 amide bonds. The molecule has 1 rings (SSSR count). The summed E-state index contributed by atoms with van der Waals surface area (Å²) in [5.41, 5.74) is 1.84. The second-order valence-corrected chi connectivity index (χ2v) is 5.18. The maximum absolute atomic E-state index is 11.5. The van der Waals surface area contributed by atoms with Gasteiger partial charge >= 0.3 is 0 Å². The van der Waals surface area contributed by atoms with E-state index >= 15 is 0 Å². The first-order valence-corrected chi connectivity index (χ1v) is 6.81. The Labute approximate surface area is 120 Å². The molecular weight excluding hydrogens is 254 g/mol. The van der Waals surface area contributed by atoms with Crippen molar-refractivity contribution in [3.8, 4) is 0 Å². The van der Waals surface area contributed by atoms with Crippen molar-refractivity contribution in [2.45, 2.75) is 27.3 Å². The zero-order chi connectivity index (χ0) is 15.0. The van der Waals surface area contributed by atoms with Gasteiger partial charge in [0.05, 0.1) is 6.54 Å². The van der Waals surface area contributed by atoms with E-state index in [1.54, 1.807) is 0 Å². The van der Waals surface area contributed by atoms with Crippen molar-refractivity contribution in [2.24, 2.45) is 5.92 Å². The highest BCUT2D eigenvalue weighted by atomic mass is 16.2. The van der Waals surface area contributed by atoms with E-state index in [1.807, 2.05) is 24.3 Å². The Morgan fingerprint density at radius 3 is 2.35 bits per heavy atom. The van der Waals surface area contributed by atoms with Crippen LogP contribution in [-0.2, 0) is 16.1 Å². The van der Waals surface area contributed by atoms with E-state index < -0.39 is 0 Å². The van der Waals surface area contributed by atoms with Gasteiger partial charge in [-0.15, -0.1) is 0 Å². The number of carbonyl (C=O) groups is 2. The molecule has 5 heteroatoms. The molecule has 0 aromatic heterocycles. The van der Waals surface area contributed by atoms with Gasteiger partial charge in [0.1, 0.15) is 0 Å². The molecule has 0 heterocycles. The largest absolute Gasteiger partial charge is 0.355 e. The lowest BCUT2D eigenvalue weighted by molar-refractivity contribution is -0.120. The molecule has 0 aliphatic heterocycles. The molecule has 20 heavy (non-hydrogen) atoms. The standard InChI is InChI=1S/C15H23N3O2/c1-11(2)8-17-15(20)10-16-9-13-4-6-14(7-5-13)18-12(3)19/h4-7,11,16H,8-10H2,1-3H3,(H,17,20)(H,18,19). The highest BCUT2D eigenvalue weighted by Gasteiger charge is 2.02. The Balaban J connectivity index is 2.28. The highest BCUT2D eigenvalue weighted by Crippen LogP contribution is 2.09. The van der Waals surface area contributed by atoms with Crippen LogP contribution in [0.1, 0.15) is 26.3 Å². The van der Waals surface area contributed by atoms with Crippen molar-refractivity contribution >= 4 is 17.5 Å². The quantitative estimate of drug-likeness (QED) is 0.707. The van der Waals surface area contributed by atoms with Crippen LogP contribution in [0.5, 0.6) is 0 Å². The molecule has 110 valence electrons. The molecule has 0 aliphatic rings. The second kappa shape index (κ2) is 8.32. The molecule has 0 saturated heterocycles. The van der Waals surface area contributed by atoms with E-state index in [2.05, 4.69) is 29.8 Å². The summed E-state index contributed by atoms with van der Waals surface area (Å²) in [5.74, 6) is 0.381. The van der Waals surface area contributed by atoms with Gasteiger partial charge in [-0.05, 0) is 23.6 Å². The Bertz CT molecular complexity index is 441. The molecule has 0 saturated carbocycles. The van der Waals surface area contributed by atoms with Gasteiger partial charge in [-0.2, -0.15) is 0 Å². The number of hydrogen-bond acceptors (Lipinski definition) is 3. The van der Waals surface area contributed by atoms with Crippen molar-refractivity contribution < 1.29 is 9.59 Å². The molecule has 0 radical (unpaired) electrons. The molecule has 0 aliphatic carbocycles. The van der Waals surface area contributed by atoms with Gasteiger partial charge in [0, 0.05) is 25.7 Å². The fraction of sp³-hybridized carbons (Fsp3) is 0.467. The van der Waals surface area contributed by atoms with Gasteiger partial charge in [0.2, 0.25) is 11.8 Å². The van der Waals surface area contributed by atoms with E-state index in [0.717, 1.165) is 11.3 Å². The van der Waals surface area contributed by atoms with E-state index in [-0.39, 0.29) is 11.8 Å². The number of carbonyl (C=O) groups excluding carboxylic acids is 2. The van der Waals surface area contributed by atoms with Crippen LogP contribution < -0.4 is 16.0 Å². The monoisotopic (exact) mass is 277 g/mol. The van der Waals surface area contributed by atoms with Gasteiger partial charge < -0.3 is 16.0 Å². The van der Waals surface area contributed by atoms with Crippen molar-refractivity contribution in [1.29, 1.82) is 0 Å². The lowest BCUT2D eigenvalue weighted by Gasteiger charge is -2.09. The summed E-state index contributed by atoms with van der Waals surface area (Å²) >= 11 is 0. The molecule has 0 unspecified atom stereocenters. The average molecular weight is 277 g/mol. The molecule has 0 bridgehead atoms. The zero-order valence-electron chi connectivity index (χ0n) is 12.3. The van der Waals surface area contributed by atoms with Crippen LogP contribution in [0.25, 0.3) is 0 Å². The first-order chi connectivity index (χ1) is 9.47. The van der Waals surface area contributed by atoms with Crippen LogP contribution in [0.2, 0.25) is 0 Å². The second-order valence-electron chi connectivity index (χ2n) is 5.18. The summed E-state index contributed by atoms with van der Waals surface area (Å²) in [7, 11) is 0. The third-order valence-corrected chi connectivity index (χ3v) is 2.60. The lowest BCUT2D eigenvalue weighted by atomic mass is 10.2.